The van der Waals surface area contributed by atoms with E-state index in [1.165, 1.54) is 30.5 Å². The van der Waals surface area contributed by atoms with Gasteiger partial charge in [0.25, 0.3) is 11.9 Å². The highest BCUT2D eigenvalue weighted by Gasteiger charge is 2.36. The third-order valence-corrected chi connectivity index (χ3v) is 4.33. The highest BCUT2D eigenvalue weighted by Crippen LogP contribution is 2.35. The number of carbonyl (C=O) groups is 1. The monoisotopic (exact) mass is 397 g/mol. The number of benzene rings is 1. The van der Waals surface area contributed by atoms with Gasteiger partial charge in [0.1, 0.15) is 35.6 Å². The van der Waals surface area contributed by atoms with Crippen LogP contribution in [0.1, 0.15) is 34.1 Å². The molecule has 2 aromatic rings. The fourth-order valence-corrected chi connectivity index (χ4v) is 3.06. The molecule has 0 aliphatic carbocycles. The van der Waals surface area contributed by atoms with Crippen LogP contribution in [0.15, 0.2) is 47.3 Å². The minimum absolute atomic E-state index is 0.104. The van der Waals surface area contributed by atoms with E-state index in [4.69, 9.17) is 15.7 Å². The van der Waals surface area contributed by atoms with Crippen molar-refractivity contribution in [2.75, 3.05) is 12.0 Å². The smallest absolute Gasteiger partial charge is 0.288 e. The number of aliphatic imine (C=N–C) groups is 1. The second-order valence-corrected chi connectivity index (χ2v) is 6.52. The zero-order valence-corrected chi connectivity index (χ0v) is 15.7. The molecule has 3 rings (SSSR count). The van der Waals surface area contributed by atoms with Crippen molar-refractivity contribution >= 4 is 17.6 Å². The molecule has 29 heavy (non-hydrogen) atoms. The maximum Gasteiger partial charge on any atom is 0.288 e. The summed E-state index contributed by atoms with van der Waals surface area (Å²) in [6.07, 6.45) is 2.61. The van der Waals surface area contributed by atoms with E-state index < -0.39 is 23.9 Å². The summed E-state index contributed by atoms with van der Waals surface area (Å²) >= 11 is 0. The molecule has 0 saturated heterocycles. The van der Waals surface area contributed by atoms with Crippen molar-refractivity contribution in [1.29, 1.82) is 5.26 Å². The fourth-order valence-electron chi connectivity index (χ4n) is 3.06. The molecule has 0 spiro atoms. The number of nitrogens with one attached hydrogen (secondary N) is 1. The number of aromatic nitrogens is 1. The fraction of sp³-hybridized carbons (Fsp3) is 0.200. The largest absolute Gasteiger partial charge is 0.431 e. The maximum absolute atomic E-state index is 14.5. The van der Waals surface area contributed by atoms with E-state index in [9.17, 15) is 13.6 Å². The molecule has 1 aromatic heterocycles. The summed E-state index contributed by atoms with van der Waals surface area (Å²) in [5.74, 6) is -0.988. The van der Waals surface area contributed by atoms with Gasteiger partial charge in [-0.3, -0.25) is 4.79 Å². The van der Waals surface area contributed by atoms with Crippen LogP contribution in [0.25, 0.3) is 0 Å². The Bertz CT molecular complexity index is 1070. The normalized spacial score (nSPS) is 18.2. The van der Waals surface area contributed by atoms with Crippen molar-refractivity contribution in [1.82, 2.24) is 4.98 Å². The summed E-state index contributed by atoms with van der Waals surface area (Å²) in [6, 6.07) is 6.92. The Morgan fingerprint density at radius 3 is 2.76 bits per heavy atom. The standard InChI is InChI=1S/C20H17F2N5O2/c1-11-5-13(8-23)9-25-17(11)18(28)26-14-3-4-16(22)15(6-14)20(10-21)7-12(2)29-19(24)27-20/h3-7,9H,10H2,1-2H3,(H2,24,27)(H,26,28)/t20-/m1/s1. The number of hydrogen-bond donors (Lipinski definition) is 2. The molecule has 1 aliphatic heterocycles. The Balaban J connectivity index is 1.97. The van der Waals surface area contributed by atoms with E-state index in [1.807, 2.05) is 6.07 Å². The average molecular weight is 397 g/mol. The summed E-state index contributed by atoms with van der Waals surface area (Å²) in [6.45, 7) is 2.14. The van der Waals surface area contributed by atoms with Crippen LogP contribution in [0.3, 0.4) is 0 Å². The Hall–Kier alpha value is -3.80. The second-order valence-electron chi connectivity index (χ2n) is 6.52. The number of allylic oxidation sites excluding steroid dienone is 1. The molecule has 0 radical (unpaired) electrons. The molecule has 0 fully saturated rings. The van der Waals surface area contributed by atoms with Gasteiger partial charge in [-0.1, -0.05) is 0 Å². The summed E-state index contributed by atoms with van der Waals surface area (Å²) in [5, 5.41) is 11.5. The van der Waals surface area contributed by atoms with Crippen LogP contribution in [0.4, 0.5) is 14.5 Å². The van der Waals surface area contributed by atoms with E-state index in [0.29, 0.717) is 11.1 Å². The maximum atomic E-state index is 14.5. The molecule has 1 atom stereocenters. The van der Waals surface area contributed by atoms with Gasteiger partial charge in [0, 0.05) is 17.4 Å². The van der Waals surface area contributed by atoms with E-state index in [2.05, 4.69) is 15.3 Å². The van der Waals surface area contributed by atoms with Crippen molar-refractivity contribution in [3.05, 3.63) is 70.5 Å². The molecule has 148 valence electrons. The van der Waals surface area contributed by atoms with Gasteiger partial charge in [0.15, 0.2) is 0 Å². The van der Waals surface area contributed by atoms with Gasteiger partial charge in [0.05, 0.1) is 5.56 Å². The number of carbonyl (C=O) groups excluding carboxylic acids is 1. The Morgan fingerprint density at radius 2 is 2.14 bits per heavy atom. The lowest BCUT2D eigenvalue weighted by Crippen LogP contribution is -2.34. The number of rotatable bonds is 4. The number of ether oxygens (including phenoxy) is 1. The van der Waals surface area contributed by atoms with Gasteiger partial charge in [-0.2, -0.15) is 5.26 Å². The van der Waals surface area contributed by atoms with Crippen molar-refractivity contribution in [2.45, 2.75) is 19.4 Å². The lowest BCUT2D eigenvalue weighted by Gasteiger charge is -2.29. The lowest BCUT2D eigenvalue weighted by atomic mass is 9.89. The van der Waals surface area contributed by atoms with Gasteiger partial charge in [-0.05, 0) is 49.8 Å². The third-order valence-electron chi connectivity index (χ3n) is 4.33. The molecular weight excluding hydrogens is 380 g/mol. The molecule has 1 amide bonds. The molecular formula is C20H17F2N5O2. The van der Waals surface area contributed by atoms with Crippen LogP contribution in [0, 0.1) is 24.1 Å². The number of anilines is 1. The lowest BCUT2D eigenvalue weighted by molar-refractivity contribution is 0.102. The van der Waals surface area contributed by atoms with Crippen LogP contribution >= 0.6 is 0 Å². The topological polar surface area (TPSA) is 113 Å². The first-order valence-corrected chi connectivity index (χ1v) is 8.54. The van der Waals surface area contributed by atoms with Gasteiger partial charge in [-0.15, -0.1) is 0 Å². The highest BCUT2D eigenvalue weighted by molar-refractivity contribution is 6.03. The quantitative estimate of drug-likeness (QED) is 0.823. The van der Waals surface area contributed by atoms with Crippen molar-refractivity contribution in [2.24, 2.45) is 10.7 Å². The predicted octanol–water partition coefficient (Wildman–Crippen LogP) is 3.07. The first-order chi connectivity index (χ1) is 13.8. The summed E-state index contributed by atoms with van der Waals surface area (Å²) in [5.41, 5.74) is 4.95. The molecule has 0 unspecified atom stereocenters. The van der Waals surface area contributed by atoms with Gasteiger partial charge in [0.2, 0.25) is 0 Å². The first-order valence-electron chi connectivity index (χ1n) is 8.54. The number of amides is 1. The van der Waals surface area contributed by atoms with Gasteiger partial charge in [-0.25, -0.2) is 18.8 Å². The molecule has 1 aliphatic rings. The Labute approximate surface area is 165 Å². The second kappa shape index (κ2) is 7.67. The Kier molecular flexibility index (Phi) is 5.28. The van der Waals surface area contributed by atoms with E-state index in [1.54, 1.807) is 13.8 Å². The third kappa shape index (κ3) is 3.91. The predicted molar refractivity (Wildman–Crippen MR) is 102 cm³/mol. The number of halogens is 2. The van der Waals surface area contributed by atoms with Crippen molar-refractivity contribution < 1.29 is 18.3 Å². The molecule has 3 N–H and O–H groups in total. The van der Waals surface area contributed by atoms with Crippen molar-refractivity contribution in [3.8, 4) is 6.07 Å². The molecule has 9 heteroatoms. The molecule has 7 nitrogen and oxygen atoms in total. The average Bonchev–Trinajstić information content (AvgIpc) is 2.68. The number of aryl methyl sites for hydroxylation is 1. The molecule has 0 saturated carbocycles. The van der Waals surface area contributed by atoms with Gasteiger partial charge < -0.3 is 15.8 Å². The number of nitrogens with two attached hydrogens (primary N) is 1. The number of hydrogen-bond acceptors (Lipinski definition) is 6. The minimum atomic E-state index is -1.69. The number of amidine groups is 1. The van der Waals surface area contributed by atoms with Crippen LogP contribution in [0.2, 0.25) is 0 Å². The van der Waals surface area contributed by atoms with E-state index in [-0.39, 0.29) is 28.7 Å². The van der Waals surface area contributed by atoms with Crippen LogP contribution < -0.4 is 11.1 Å². The molecule has 1 aromatic carbocycles. The summed E-state index contributed by atoms with van der Waals surface area (Å²) < 4.78 is 33.6. The van der Waals surface area contributed by atoms with E-state index in [0.717, 1.165) is 6.07 Å². The summed E-state index contributed by atoms with van der Waals surface area (Å²) in [7, 11) is 0. The zero-order valence-electron chi connectivity index (χ0n) is 15.7. The minimum Gasteiger partial charge on any atom is -0.431 e. The molecule has 2 heterocycles. The van der Waals surface area contributed by atoms with Gasteiger partial charge >= 0.3 is 0 Å². The molecule has 0 bridgehead atoms. The number of pyridine rings is 1. The first kappa shape index (κ1) is 19.9. The number of nitriles is 1. The summed E-state index contributed by atoms with van der Waals surface area (Å²) in [4.78, 5) is 20.5. The van der Waals surface area contributed by atoms with Crippen LogP contribution in [0.5, 0.6) is 0 Å². The zero-order chi connectivity index (χ0) is 21.2. The van der Waals surface area contributed by atoms with E-state index >= 15 is 0 Å². The SMILES string of the molecule is CC1=C[C@@](CF)(c2cc(NC(=O)c3ncc(C#N)cc3C)ccc2F)N=C(N)O1. The Morgan fingerprint density at radius 1 is 1.38 bits per heavy atom. The van der Waals surface area contributed by atoms with Crippen LogP contribution in [-0.4, -0.2) is 23.6 Å². The van der Waals surface area contributed by atoms with Crippen LogP contribution in [-0.2, 0) is 10.3 Å². The van der Waals surface area contributed by atoms with Crippen molar-refractivity contribution in [3.63, 3.8) is 0 Å². The number of alkyl halides is 1. The number of nitrogens with zero attached hydrogens (tertiary/aromatic N) is 3. The highest BCUT2D eigenvalue weighted by atomic mass is 19.1.